The Morgan fingerprint density at radius 3 is 2.62 bits per heavy atom. The second kappa shape index (κ2) is 8.77. The smallest absolute Gasteiger partial charge is 0.293 e. The Hall–Kier alpha value is -3.15. The van der Waals surface area contributed by atoms with Gasteiger partial charge in [-0.05, 0) is 62.3 Å². The van der Waals surface area contributed by atoms with Crippen LogP contribution < -0.4 is 15.8 Å². The molecule has 6 nitrogen and oxygen atoms in total. The van der Waals surface area contributed by atoms with E-state index in [9.17, 15) is 9.59 Å². The van der Waals surface area contributed by atoms with Crippen LogP contribution in [0.2, 0.25) is 0 Å². The Labute approximate surface area is 188 Å². The fourth-order valence-corrected chi connectivity index (χ4v) is 5.25. The summed E-state index contributed by atoms with van der Waals surface area (Å²) in [6.45, 7) is 3.93. The fraction of sp³-hybridized carbons (Fsp3) is 0.423. The van der Waals surface area contributed by atoms with E-state index < -0.39 is 0 Å². The van der Waals surface area contributed by atoms with E-state index in [1.54, 1.807) is 4.57 Å². The Kier molecular flexibility index (Phi) is 5.68. The summed E-state index contributed by atoms with van der Waals surface area (Å²) in [4.78, 5) is 32.9. The zero-order chi connectivity index (χ0) is 22.1. The molecule has 1 fully saturated rings. The minimum absolute atomic E-state index is 0.0193. The summed E-state index contributed by atoms with van der Waals surface area (Å²) in [6.07, 6.45) is 4.67. The lowest BCUT2D eigenvalue weighted by molar-refractivity contribution is -0.126. The van der Waals surface area contributed by atoms with Crippen molar-refractivity contribution in [3.05, 3.63) is 70.0 Å². The molecular formula is C26H30N4O2. The van der Waals surface area contributed by atoms with Crippen molar-refractivity contribution in [1.29, 1.82) is 0 Å². The van der Waals surface area contributed by atoms with Crippen LogP contribution in [0.15, 0.2) is 53.3 Å². The molecule has 1 atom stereocenters. The summed E-state index contributed by atoms with van der Waals surface area (Å²) in [7, 11) is 0. The van der Waals surface area contributed by atoms with Crippen LogP contribution in [0.1, 0.15) is 49.8 Å². The third-order valence-electron chi connectivity index (χ3n) is 7.00. The van der Waals surface area contributed by atoms with Crippen molar-refractivity contribution in [2.24, 2.45) is 5.92 Å². The third kappa shape index (κ3) is 3.78. The standard InChI is InChI=1S/C26H30N4O2/c1-2-30-23-13-6-5-11-22(23)27-24(26(30)32)29-16-14-19(15-17-29)25(31)28-21-12-7-9-18-8-3-4-10-20(18)21/h3-6,8,10-11,13,19,21H,2,7,9,12,14-17H2,1H3,(H,28,31). The van der Waals surface area contributed by atoms with Gasteiger partial charge in [0.25, 0.3) is 5.56 Å². The summed E-state index contributed by atoms with van der Waals surface area (Å²) in [5.41, 5.74) is 4.27. The van der Waals surface area contributed by atoms with Gasteiger partial charge in [0, 0.05) is 25.6 Å². The zero-order valence-corrected chi connectivity index (χ0v) is 18.6. The van der Waals surface area contributed by atoms with Crippen LogP contribution in [0.4, 0.5) is 5.82 Å². The van der Waals surface area contributed by atoms with Crippen LogP contribution in [0, 0.1) is 5.92 Å². The maximum Gasteiger partial charge on any atom is 0.293 e. The van der Waals surface area contributed by atoms with Gasteiger partial charge in [0.05, 0.1) is 17.1 Å². The van der Waals surface area contributed by atoms with Gasteiger partial charge in [-0.2, -0.15) is 0 Å². The first-order chi connectivity index (χ1) is 15.7. The van der Waals surface area contributed by atoms with E-state index in [1.165, 1.54) is 11.1 Å². The molecule has 1 unspecified atom stereocenters. The van der Waals surface area contributed by atoms with Crippen LogP contribution in [0.3, 0.4) is 0 Å². The number of anilines is 1. The molecule has 0 saturated carbocycles. The van der Waals surface area contributed by atoms with Crippen LogP contribution in [-0.2, 0) is 17.8 Å². The molecule has 32 heavy (non-hydrogen) atoms. The van der Waals surface area contributed by atoms with E-state index in [0.29, 0.717) is 25.5 Å². The number of rotatable bonds is 4. The maximum absolute atomic E-state index is 13.1. The molecule has 0 radical (unpaired) electrons. The van der Waals surface area contributed by atoms with Crippen molar-refractivity contribution in [3.63, 3.8) is 0 Å². The van der Waals surface area contributed by atoms with Crippen molar-refractivity contribution in [1.82, 2.24) is 14.9 Å². The highest BCUT2D eigenvalue weighted by atomic mass is 16.2. The van der Waals surface area contributed by atoms with Crippen molar-refractivity contribution in [3.8, 4) is 0 Å². The monoisotopic (exact) mass is 430 g/mol. The van der Waals surface area contributed by atoms with E-state index in [2.05, 4.69) is 39.5 Å². The van der Waals surface area contributed by atoms with Crippen LogP contribution in [0.5, 0.6) is 0 Å². The van der Waals surface area contributed by atoms with Gasteiger partial charge < -0.3 is 14.8 Å². The molecule has 166 valence electrons. The van der Waals surface area contributed by atoms with Gasteiger partial charge in [0.1, 0.15) is 0 Å². The number of hydrogen-bond acceptors (Lipinski definition) is 4. The molecule has 1 aliphatic heterocycles. The number of nitrogens with zero attached hydrogens (tertiary/aromatic N) is 3. The van der Waals surface area contributed by atoms with Gasteiger partial charge in [-0.3, -0.25) is 9.59 Å². The third-order valence-corrected chi connectivity index (χ3v) is 7.00. The number of piperidine rings is 1. The summed E-state index contributed by atoms with van der Waals surface area (Å²) in [5, 5.41) is 3.31. The molecule has 1 aliphatic carbocycles. The number of fused-ring (bicyclic) bond motifs is 2. The van der Waals surface area contributed by atoms with E-state index in [1.807, 2.05) is 31.2 Å². The normalized spacial score (nSPS) is 19.0. The van der Waals surface area contributed by atoms with Crippen molar-refractivity contribution in [2.75, 3.05) is 18.0 Å². The molecule has 2 heterocycles. The highest BCUT2D eigenvalue weighted by molar-refractivity contribution is 5.80. The highest BCUT2D eigenvalue weighted by Crippen LogP contribution is 2.30. The van der Waals surface area contributed by atoms with Crippen molar-refractivity contribution >= 4 is 22.8 Å². The second-order valence-electron chi connectivity index (χ2n) is 8.89. The van der Waals surface area contributed by atoms with E-state index in [0.717, 1.165) is 43.1 Å². The van der Waals surface area contributed by atoms with Crippen LogP contribution >= 0.6 is 0 Å². The average Bonchev–Trinajstić information content (AvgIpc) is 2.84. The number of nitrogens with one attached hydrogen (secondary N) is 1. The molecule has 1 saturated heterocycles. The topological polar surface area (TPSA) is 67.2 Å². The second-order valence-corrected chi connectivity index (χ2v) is 8.89. The maximum atomic E-state index is 13.1. The number of carbonyl (C=O) groups excluding carboxylic acids is 1. The summed E-state index contributed by atoms with van der Waals surface area (Å²) in [5.74, 6) is 0.628. The summed E-state index contributed by atoms with van der Waals surface area (Å²) in [6, 6.07) is 16.3. The van der Waals surface area contributed by atoms with E-state index in [-0.39, 0.29) is 23.4 Å². The minimum Gasteiger partial charge on any atom is -0.352 e. The molecule has 0 bridgehead atoms. The van der Waals surface area contributed by atoms with Gasteiger partial charge >= 0.3 is 0 Å². The lowest BCUT2D eigenvalue weighted by Crippen LogP contribution is -2.44. The average molecular weight is 431 g/mol. The van der Waals surface area contributed by atoms with Gasteiger partial charge in [0.15, 0.2) is 5.82 Å². The Morgan fingerprint density at radius 1 is 1.06 bits per heavy atom. The first-order valence-electron chi connectivity index (χ1n) is 11.8. The molecule has 6 heteroatoms. The summed E-state index contributed by atoms with van der Waals surface area (Å²) >= 11 is 0. The molecule has 1 amide bonds. The van der Waals surface area contributed by atoms with Crippen molar-refractivity contribution in [2.45, 2.75) is 51.6 Å². The van der Waals surface area contributed by atoms with Gasteiger partial charge in [-0.15, -0.1) is 0 Å². The quantitative estimate of drug-likeness (QED) is 0.683. The van der Waals surface area contributed by atoms with Gasteiger partial charge in [-0.25, -0.2) is 4.98 Å². The lowest BCUT2D eigenvalue weighted by atomic mass is 9.87. The van der Waals surface area contributed by atoms with Gasteiger partial charge in [-0.1, -0.05) is 36.4 Å². The number of carbonyl (C=O) groups is 1. The predicted octanol–water partition coefficient (Wildman–Crippen LogP) is 3.83. The largest absolute Gasteiger partial charge is 0.352 e. The van der Waals surface area contributed by atoms with E-state index >= 15 is 0 Å². The van der Waals surface area contributed by atoms with Gasteiger partial charge in [0.2, 0.25) is 5.91 Å². The molecule has 2 aromatic carbocycles. The molecule has 1 N–H and O–H groups in total. The highest BCUT2D eigenvalue weighted by Gasteiger charge is 2.30. The number of para-hydroxylation sites is 2. The molecule has 0 spiro atoms. The summed E-state index contributed by atoms with van der Waals surface area (Å²) < 4.78 is 1.79. The lowest BCUT2D eigenvalue weighted by Gasteiger charge is -2.33. The number of benzene rings is 2. The van der Waals surface area contributed by atoms with Crippen molar-refractivity contribution < 1.29 is 4.79 Å². The fourth-order valence-electron chi connectivity index (χ4n) is 5.25. The predicted molar refractivity (Wildman–Crippen MR) is 127 cm³/mol. The minimum atomic E-state index is -0.0482. The zero-order valence-electron chi connectivity index (χ0n) is 18.6. The Balaban J connectivity index is 1.28. The first-order valence-corrected chi connectivity index (χ1v) is 11.8. The first kappa shape index (κ1) is 20.7. The molecular weight excluding hydrogens is 400 g/mol. The SMILES string of the molecule is CCn1c(=O)c(N2CCC(C(=O)NC3CCCc4ccccc43)CC2)nc2ccccc21. The molecule has 5 rings (SSSR count). The van der Waals surface area contributed by atoms with Crippen LogP contribution in [-0.4, -0.2) is 28.5 Å². The number of aryl methyl sites for hydroxylation is 2. The Bertz CT molecular complexity index is 1190. The Morgan fingerprint density at radius 2 is 1.81 bits per heavy atom. The number of hydrogen-bond donors (Lipinski definition) is 1. The molecule has 1 aromatic heterocycles. The molecule has 3 aromatic rings. The van der Waals surface area contributed by atoms with Crippen LogP contribution in [0.25, 0.3) is 11.0 Å². The number of aromatic nitrogens is 2. The molecule has 2 aliphatic rings. The van der Waals surface area contributed by atoms with E-state index in [4.69, 9.17) is 0 Å². The number of amides is 1.